The van der Waals surface area contributed by atoms with Crippen LogP contribution in [0.1, 0.15) is 22.5 Å². The molecule has 4 rings (SSSR count). The van der Waals surface area contributed by atoms with Gasteiger partial charge in [0.05, 0.1) is 17.6 Å². The van der Waals surface area contributed by atoms with Crippen molar-refractivity contribution in [3.8, 4) is 11.5 Å². The zero-order chi connectivity index (χ0) is 18.1. The number of fused-ring (bicyclic) bond motifs is 1. The molecule has 6 nitrogen and oxygen atoms in total. The second-order valence-corrected chi connectivity index (χ2v) is 6.47. The minimum atomic E-state index is -0.241. The molecule has 132 valence electrons. The van der Waals surface area contributed by atoms with Crippen molar-refractivity contribution in [2.45, 2.75) is 26.4 Å². The van der Waals surface area contributed by atoms with Crippen LogP contribution in [0.15, 0.2) is 41.5 Å². The minimum Gasteiger partial charge on any atom is -0.305 e. The van der Waals surface area contributed by atoms with Crippen LogP contribution >= 0.6 is 0 Å². The van der Waals surface area contributed by atoms with Crippen molar-refractivity contribution >= 4 is 0 Å². The number of benzene rings is 1. The lowest BCUT2D eigenvalue weighted by atomic mass is 10.1. The summed E-state index contributed by atoms with van der Waals surface area (Å²) in [6, 6.07) is 6.58. The number of aromatic amines is 1. The fraction of sp³-hybridized carbons (Fsp3) is 0.263. The zero-order valence-corrected chi connectivity index (χ0v) is 14.4. The van der Waals surface area contributed by atoms with E-state index in [0.29, 0.717) is 36.6 Å². The second-order valence-electron chi connectivity index (χ2n) is 6.47. The van der Waals surface area contributed by atoms with Crippen molar-refractivity contribution in [3.63, 3.8) is 0 Å². The van der Waals surface area contributed by atoms with Crippen LogP contribution in [-0.2, 0) is 19.5 Å². The van der Waals surface area contributed by atoms with E-state index < -0.39 is 0 Å². The molecule has 3 heterocycles. The number of H-pyrrole nitrogens is 1. The van der Waals surface area contributed by atoms with Gasteiger partial charge in [-0.15, -0.1) is 0 Å². The SMILES string of the molecule is Cc1cnc(-c2nc3c(c(=O)[nH]2)CCN(Cc2cccc(F)c2)C3)cn1. The molecule has 0 aliphatic carbocycles. The van der Waals surface area contributed by atoms with Crippen molar-refractivity contribution in [1.29, 1.82) is 0 Å². The van der Waals surface area contributed by atoms with Crippen LogP contribution in [0.4, 0.5) is 4.39 Å². The average molecular weight is 351 g/mol. The molecule has 26 heavy (non-hydrogen) atoms. The molecule has 0 fully saturated rings. The average Bonchev–Trinajstić information content (AvgIpc) is 2.62. The summed E-state index contributed by atoms with van der Waals surface area (Å²) >= 11 is 0. The number of hydrogen-bond donors (Lipinski definition) is 1. The van der Waals surface area contributed by atoms with Crippen LogP contribution in [0.25, 0.3) is 11.5 Å². The number of aryl methyl sites for hydroxylation is 1. The van der Waals surface area contributed by atoms with E-state index in [0.717, 1.165) is 23.5 Å². The van der Waals surface area contributed by atoms with Crippen LogP contribution in [0, 0.1) is 12.7 Å². The molecule has 1 N–H and O–H groups in total. The summed E-state index contributed by atoms with van der Waals surface area (Å²) in [5.74, 6) is 0.184. The quantitative estimate of drug-likeness (QED) is 0.783. The highest BCUT2D eigenvalue weighted by atomic mass is 19.1. The molecule has 1 aliphatic heterocycles. The van der Waals surface area contributed by atoms with E-state index in [9.17, 15) is 9.18 Å². The van der Waals surface area contributed by atoms with Crippen LogP contribution in [0.5, 0.6) is 0 Å². The number of nitrogens with one attached hydrogen (secondary N) is 1. The van der Waals surface area contributed by atoms with Crippen molar-refractivity contribution in [3.05, 3.63) is 75.3 Å². The molecule has 0 amide bonds. The zero-order valence-electron chi connectivity index (χ0n) is 14.4. The Morgan fingerprint density at radius 2 is 2.15 bits per heavy atom. The van der Waals surface area contributed by atoms with Gasteiger partial charge in [-0.2, -0.15) is 0 Å². The Morgan fingerprint density at radius 3 is 2.92 bits per heavy atom. The molecule has 1 aliphatic rings. The van der Waals surface area contributed by atoms with Crippen molar-refractivity contribution < 1.29 is 4.39 Å². The Hall–Kier alpha value is -2.93. The number of halogens is 1. The molecule has 1 aromatic carbocycles. The lowest BCUT2D eigenvalue weighted by molar-refractivity contribution is 0.240. The fourth-order valence-electron chi connectivity index (χ4n) is 3.16. The molecule has 0 unspecified atom stereocenters. The Bertz CT molecular complexity index is 1000. The van der Waals surface area contributed by atoms with Crippen LogP contribution in [-0.4, -0.2) is 31.4 Å². The summed E-state index contributed by atoms with van der Waals surface area (Å²) in [5.41, 5.74) is 3.58. The van der Waals surface area contributed by atoms with Crippen molar-refractivity contribution in [2.75, 3.05) is 6.54 Å². The molecule has 2 aromatic heterocycles. The Morgan fingerprint density at radius 1 is 1.27 bits per heavy atom. The first-order valence-corrected chi connectivity index (χ1v) is 8.46. The number of rotatable bonds is 3. The fourth-order valence-corrected chi connectivity index (χ4v) is 3.16. The number of nitrogens with zero attached hydrogens (tertiary/aromatic N) is 4. The molecule has 0 atom stereocenters. The summed E-state index contributed by atoms with van der Waals surface area (Å²) < 4.78 is 13.4. The maximum atomic E-state index is 13.4. The van der Waals surface area contributed by atoms with Gasteiger partial charge in [0.1, 0.15) is 11.5 Å². The third kappa shape index (κ3) is 3.39. The van der Waals surface area contributed by atoms with Crippen molar-refractivity contribution in [2.24, 2.45) is 0 Å². The van der Waals surface area contributed by atoms with Gasteiger partial charge in [-0.3, -0.25) is 14.7 Å². The highest BCUT2D eigenvalue weighted by Crippen LogP contribution is 2.19. The first-order valence-electron chi connectivity index (χ1n) is 8.46. The van der Waals surface area contributed by atoms with Gasteiger partial charge in [-0.05, 0) is 31.0 Å². The van der Waals surface area contributed by atoms with Crippen molar-refractivity contribution in [1.82, 2.24) is 24.8 Å². The maximum Gasteiger partial charge on any atom is 0.254 e. The molecular formula is C19H18FN5O. The summed E-state index contributed by atoms with van der Waals surface area (Å²) in [4.78, 5) is 30.5. The van der Waals surface area contributed by atoms with Gasteiger partial charge in [0, 0.05) is 31.4 Å². The Labute approximate surface area is 149 Å². The molecule has 0 radical (unpaired) electrons. The van der Waals surface area contributed by atoms with Gasteiger partial charge < -0.3 is 4.98 Å². The van der Waals surface area contributed by atoms with Crippen LogP contribution < -0.4 is 5.56 Å². The molecule has 0 spiro atoms. The third-order valence-corrected chi connectivity index (χ3v) is 4.47. The van der Waals surface area contributed by atoms with Gasteiger partial charge in [0.2, 0.25) is 0 Å². The van der Waals surface area contributed by atoms with Gasteiger partial charge in [0.25, 0.3) is 5.56 Å². The lowest BCUT2D eigenvalue weighted by Crippen LogP contribution is -2.35. The van der Waals surface area contributed by atoms with E-state index >= 15 is 0 Å². The van der Waals surface area contributed by atoms with E-state index in [-0.39, 0.29) is 11.4 Å². The standard InChI is InChI=1S/C19H18FN5O/c1-12-8-22-16(9-21-12)18-23-17-11-25(6-5-15(17)19(26)24-18)10-13-3-2-4-14(20)7-13/h2-4,7-9H,5-6,10-11H2,1H3,(H,23,24,26). The number of hydrogen-bond acceptors (Lipinski definition) is 5. The van der Waals surface area contributed by atoms with E-state index in [2.05, 4.69) is 24.8 Å². The normalized spacial score (nSPS) is 14.2. The van der Waals surface area contributed by atoms with Crippen LogP contribution in [0.2, 0.25) is 0 Å². The Balaban J connectivity index is 1.61. The first-order chi connectivity index (χ1) is 12.6. The molecular weight excluding hydrogens is 333 g/mol. The molecule has 0 saturated carbocycles. The van der Waals surface area contributed by atoms with E-state index in [1.165, 1.54) is 12.1 Å². The second kappa shape index (κ2) is 6.76. The predicted molar refractivity (Wildman–Crippen MR) is 94.8 cm³/mol. The van der Waals surface area contributed by atoms with Gasteiger partial charge in [-0.1, -0.05) is 12.1 Å². The minimum absolute atomic E-state index is 0.127. The summed E-state index contributed by atoms with van der Waals surface area (Å²) in [5, 5.41) is 0. The number of aromatic nitrogens is 4. The largest absolute Gasteiger partial charge is 0.305 e. The molecule has 0 saturated heterocycles. The monoisotopic (exact) mass is 351 g/mol. The Kier molecular flexibility index (Phi) is 4.30. The maximum absolute atomic E-state index is 13.4. The predicted octanol–water partition coefficient (Wildman–Crippen LogP) is 2.23. The van der Waals surface area contributed by atoms with E-state index in [1.807, 2.05) is 13.0 Å². The highest BCUT2D eigenvalue weighted by molar-refractivity contribution is 5.48. The summed E-state index contributed by atoms with van der Waals surface area (Å²) in [7, 11) is 0. The summed E-state index contributed by atoms with van der Waals surface area (Å²) in [6.07, 6.45) is 3.87. The molecule has 0 bridgehead atoms. The third-order valence-electron chi connectivity index (χ3n) is 4.47. The van der Waals surface area contributed by atoms with E-state index in [1.54, 1.807) is 18.5 Å². The smallest absolute Gasteiger partial charge is 0.254 e. The first kappa shape index (κ1) is 16.5. The topological polar surface area (TPSA) is 74.8 Å². The summed E-state index contributed by atoms with van der Waals surface area (Å²) in [6.45, 7) is 3.75. The highest BCUT2D eigenvalue weighted by Gasteiger charge is 2.22. The molecule has 7 heteroatoms. The van der Waals surface area contributed by atoms with Crippen LogP contribution in [0.3, 0.4) is 0 Å². The van der Waals surface area contributed by atoms with Gasteiger partial charge in [-0.25, -0.2) is 14.4 Å². The molecule has 3 aromatic rings. The van der Waals surface area contributed by atoms with Gasteiger partial charge >= 0.3 is 0 Å². The van der Waals surface area contributed by atoms with Gasteiger partial charge in [0.15, 0.2) is 5.82 Å². The lowest BCUT2D eigenvalue weighted by Gasteiger charge is -2.27. The van der Waals surface area contributed by atoms with E-state index in [4.69, 9.17) is 0 Å².